The minimum atomic E-state index is -0.639. The predicted molar refractivity (Wildman–Crippen MR) is 256 cm³/mol. The number of ketones is 1. The van der Waals surface area contributed by atoms with E-state index in [0.29, 0.717) is 89.2 Å². The monoisotopic (exact) mass is 918 g/mol. The molecule has 65 heavy (non-hydrogen) atoms. The molecule has 3 atom stereocenters. The summed E-state index contributed by atoms with van der Waals surface area (Å²) in [5.41, 5.74) is 2.66. The zero-order valence-corrected chi connectivity index (χ0v) is 39.0. The molecule has 0 radical (unpaired) electrons. The van der Waals surface area contributed by atoms with Crippen molar-refractivity contribution in [3.63, 3.8) is 0 Å². The van der Waals surface area contributed by atoms with Crippen molar-refractivity contribution >= 4 is 62.6 Å². The second-order valence-electron chi connectivity index (χ2n) is 17.4. The lowest BCUT2D eigenvalue weighted by Gasteiger charge is -2.38. The molecule has 2 aliphatic heterocycles. The molecule has 2 saturated heterocycles. The number of Topliss-reactive ketones (excluding diaryl/α,β-unsaturated/α-hetero) is 1. The van der Waals surface area contributed by atoms with Crippen molar-refractivity contribution in [2.45, 2.75) is 78.7 Å². The number of fused-ring (bicyclic) bond motifs is 2. The normalized spacial score (nSPS) is 16.9. The third kappa shape index (κ3) is 10.7. The van der Waals surface area contributed by atoms with Gasteiger partial charge in [0.15, 0.2) is 5.78 Å². The lowest BCUT2D eigenvalue weighted by atomic mass is 9.97. The molecule has 2 fully saturated rings. The lowest BCUT2D eigenvalue weighted by molar-refractivity contribution is -0.142. The van der Waals surface area contributed by atoms with Gasteiger partial charge < -0.3 is 20.4 Å². The Morgan fingerprint density at radius 2 is 1.12 bits per heavy atom. The molecule has 0 spiro atoms. The van der Waals surface area contributed by atoms with Crippen LogP contribution in [0.4, 0.5) is 0 Å². The van der Waals surface area contributed by atoms with E-state index in [1.165, 1.54) is 6.92 Å². The van der Waals surface area contributed by atoms with Gasteiger partial charge >= 0.3 is 0 Å². The van der Waals surface area contributed by atoms with Crippen molar-refractivity contribution in [1.82, 2.24) is 39.5 Å². The third-order valence-electron chi connectivity index (χ3n) is 12.0. The summed E-state index contributed by atoms with van der Waals surface area (Å²) in [7, 11) is 0. The minimum absolute atomic E-state index is 0.0765. The van der Waals surface area contributed by atoms with Gasteiger partial charge in [-0.1, -0.05) is 112 Å². The number of carbonyl (C=O) groups excluding carboxylic acids is 3. The standard InChI is InChI=1S/C26H29ClN4O3.C24H27ClN4O2/c1-16(2)24(31-22(17(3)32)14-28-12-11-23(31)33)25-29-21-13-19(27)9-10-20(21)26(34)30(25)15-18-7-5-4-6-8-18;1-16(2)22(28-13-12-26-11-10-21(28)30)23-27-20-14-18(25)8-9-19(20)24(31)29(23)15-17-6-4-3-5-7-17/h4-10,13,16,22,24,28H,11-12,14-15H2,1-3H3;3-9,14,16,22,26H,10-13,15H2,1-2H3. The van der Waals surface area contributed by atoms with Crippen LogP contribution in [0.2, 0.25) is 10.0 Å². The second-order valence-corrected chi connectivity index (χ2v) is 18.2. The molecule has 2 N–H and O–H groups in total. The van der Waals surface area contributed by atoms with Crippen LogP contribution in [0.15, 0.2) is 107 Å². The average molecular weight is 920 g/mol. The van der Waals surface area contributed by atoms with E-state index >= 15 is 0 Å². The zero-order chi connectivity index (χ0) is 46.4. The van der Waals surface area contributed by atoms with Gasteiger partial charge in [0.1, 0.15) is 17.7 Å². The summed E-state index contributed by atoms with van der Waals surface area (Å²) in [5.74, 6) is 0.885. The molecular weight excluding hydrogens is 864 g/mol. The van der Waals surface area contributed by atoms with Crippen molar-refractivity contribution in [2.75, 3.05) is 32.7 Å². The Hall–Kier alpha value is -5.73. The SMILES string of the molecule is CC(=O)C1CNCCC(=O)N1C(c1nc2cc(Cl)ccc2c(=O)n1Cc1ccccc1)C(C)C.CC(C)C(c1nc2cc(Cl)ccc2c(=O)n1Cc1ccccc1)N1CCNCCC1=O. The highest BCUT2D eigenvalue weighted by molar-refractivity contribution is 6.31. The first-order valence-electron chi connectivity index (χ1n) is 22.2. The average Bonchev–Trinajstić information content (AvgIpc) is 3.61. The number of benzene rings is 4. The molecule has 3 unspecified atom stereocenters. The molecule has 2 aromatic heterocycles. The summed E-state index contributed by atoms with van der Waals surface area (Å²) in [4.78, 5) is 79.6. The van der Waals surface area contributed by atoms with Gasteiger partial charge in [-0.05, 0) is 66.3 Å². The van der Waals surface area contributed by atoms with E-state index in [4.69, 9.17) is 33.2 Å². The fourth-order valence-electron chi connectivity index (χ4n) is 8.86. The van der Waals surface area contributed by atoms with Gasteiger partial charge in [-0.15, -0.1) is 0 Å². The molecule has 6 aromatic rings. The number of amides is 2. The summed E-state index contributed by atoms with van der Waals surface area (Å²) < 4.78 is 3.36. The van der Waals surface area contributed by atoms with E-state index in [1.54, 1.807) is 50.4 Å². The fourth-order valence-corrected chi connectivity index (χ4v) is 9.19. The Kier molecular flexibility index (Phi) is 15.3. The van der Waals surface area contributed by atoms with Crippen LogP contribution >= 0.6 is 23.2 Å². The molecule has 4 aromatic carbocycles. The van der Waals surface area contributed by atoms with Crippen molar-refractivity contribution in [1.29, 1.82) is 0 Å². The zero-order valence-electron chi connectivity index (χ0n) is 37.5. The van der Waals surface area contributed by atoms with Crippen LogP contribution in [0.3, 0.4) is 0 Å². The van der Waals surface area contributed by atoms with Gasteiger partial charge in [-0.25, -0.2) is 9.97 Å². The van der Waals surface area contributed by atoms with E-state index < -0.39 is 12.1 Å². The number of rotatable bonds is 11. The molecule has 13 nitrogen and oxygen atoms in total. The summed E-state index contributed by atoms with van der Waals surface area (Å²) in [6, 6.07) is 28.2. The predicted octanol–water partition coefficient (Wildman–Crippen LogP) is 7.19. The highest BCUT2D eigenvalue weighted by atomic mass is 35.5. The van der Waals surface area contributed by atoms with Gasteiger partial charge in [0.25, 0.3) is 11.1 Å². The molecule has 8 rings (SSSR count). The van der Waals surface area contributed by atoms with Gasteiger partial charge in [0.2, 0.25) is 11.8 Å². The van der Waals surface area contributed by atoms with Crippen LogP contribution in [0, 0.1) is 11.8 Å². The number of carbonyl (C=O) groups is 3. The number of hydrogen-bond acceptors (Lipinski definition) is 9. The second kappa shape index (κ2) is 21.1. The van der Waals surface area contributed by atoms with Crippen LogP contribution < -0.4 is 21.8 Å². The number of nitrogens with zero attached hydrogens (tertiary/aromatic N) is 6. The van der Waals surface area contributed by atoms with E-state index in [-0.39, 0.29) is 53.0 Å². The van der Waals surface area contributed by atoms with Crippen molar-refractivity contribution in [2.24, 2.45) is 11.8 Å². The van der Waals surface area contributed by atoms with Gasteiger partial charge in [0, 0.05) is 55.6 Å². The molecule has 340 valence electrons. The molecule has 2 amide bonds. The topological polar surface area (TPSA) is 152 Å². The fraction of sp³-hybridized carbons (Fsp3) is 0.380. The van der Waals surface area contributed by atoms with E-state index in [2.05, 4.69) is 24.5 Å². The number of halogens is 2. The summed E-state index contributed by atoms with van der Waals surface area (Å²) >= 11 is 12.4. The summed E-state index contributed by atoms with van der Waals surface area (Å²) in [6.07, 6.45) is 0.709. The largest absolute Gasteiger partial charge is 0.331 e. The summed E-state index contributed by atoms with van der Waals surface area (Å²) in [6.45, 7) is 13.1. The molecule has 2 aliphatic rings. The number of aromatic nitrogens is 4. The first kappa shape index (κ1) is 47.2. The third-order valence-corrected chi connectivity index (χ3v) is 12.5. The molecule has 4 heterocycles. The van der Waals surface area contributed by atoms with Crippen LogP contribution in [0.25, 0.3) is 21.8 Å². The lowest BCUT2D eigenvalue weighted by Crippen LogP contribution is -2.51. The van der Waals surface area contributed by atoms with Crippen LogP contribution in [-0.2, 0) is 27.5 Å². The van der Waals surface area contributed by atoms with E-state index in [1.807, 2.05) is 79.4 Å². The van der Waals surface area contributed by atoms with E-state index in [0.717, 1.165) is 17.7 Å². The Labute approximate surface area is 388 Å². The maximum atomic E-state index is 13.7. The molecule has 0 bridgehead atoms. The van der Waals surface area contributed by atoms with E-state index in [9.17, 15) is 24.0 Å². The Morgan fingerprint density at radius 3 is 1.62 bits per heavy atom. The smallest absolute Gasteiger partial charge is 0.261 e. The Bertz CT molecular complexity index is 2800. The van der Waals surface area contributed by atoms with Crippen LogP contribution in [0.1, 0.15) is 82.3 Å². The maximum Gasteiger partial charge on any atom is 0.261 e. The molecule has 15 heteroatoms. The minimum Gasteiger partial charge on any atom is -0.331 e. The van der Waals surface area contributed by atoms with Gasteiger partial charge in [-0.2, -0.15) is 0 Å². The van der Waals surface area contributed by atoms with Crippen LogP contribution in [-0.4, -0.2) is 85.3 Å². The van der Waals surface area contributed by atoms with Gasteiger partial charge in [0.05, 0.1) is 47.0 Å². The van der Waals surface area contributed by atoms with Crippen molar-refractivity contribution in [3.05, 3.63) is 151 Å². The molecule has 0 aliphatic carbocycles. The number of hydrogen-bond donors (Lipinski definition) is 2. The highest BCUT2D eigenvalue weighted by Crippen LogP contribution is 2.33. The quantitative estimate of drug-likeness (QED) is 0.138. The Morgan fingerprint density at radius 1 is 0.646 bits per heavy atom. The number of nitrogens with one attached hydrogen (secondary N) is 2. The molecular formula is C50H56Cl2N8O5. The van der Waals surface area contributed by atoms with Crippen LogP contribution in [0.5, 0.6) is 0 Å². The summed E-state index contributed by atoms with van der Waals surface area (Å²) in [5, 5.41) is 8.47. The Balaban J connectivity index is 0.000000195. The maximum absolute atomic E-state index is 13.7. The van der Waals surface area contributed by atoms with Gasteiger partial charge in [-0.3, -0.25) is 33.1 Å². The van der Waals surface area contributed by atoms with Crippen molar-refractivity contribution in [3.8, 4) is 0 Å². The first-order valence-corrected chi connectivity index (χ1v) is 23.0. The molecule has 0 saturated carbocycles. The first-order chi connectivity index (χ1) is 31.2. The highest BCUT2D eigenvalue weighted by Gasteiger charge is 2.39. The van der Waals surface area contributed by atoms with Crippen molar-refractivity contribution < 1.29 is 14.4 Å².